The molecule has 1 amide bonds. The Hall–Kier alpha value is -3.84. The van der Waals surface area contributed by atoms with Gasteiger partial charge in [-0.05, 0) is 35.9 Å². The predicted octanol–water partition coefficient (Wildman–Crippen LogP) is 3.51. The standard InChI is InChI=1S/C24H14FN3O2S/c25-15-11-9-14(10-12-15)13-27-18-7-3-1-5-16(18)20(22(27)29)21-23(30)28-19-8-4-2-6-17(19)26-24(28)31-21/h1-12H,13H2/b21-20-. The van der Waals surface area contributed by atoms with E-state index in [0.29, 0.717) is 21.6 Å². The lowest BCUT2D eigenvalue weighted by atomic mass is 10.1. The van der Waals surface area contributed by atoms with Crippen LogP contribution in [-0.2, 0) is 11.3 Å². The number of thiazole rings is 1. The summed E-state index contributed by atoms with van der Waals surface area (Å²) in [6.07, 6.45) is 0. The third-order valence-corrected chi connectivity index (χ3v) is 6.56. The maximum atomic E-state index is 13.5. The van der Waals surface area contributed by atoms with Crippen LogP contribution < -0.4 is 15.0 Å². The molecular formula is C24H14FN3O2S. The second kappa shape index (κ2) is 6.58. The lowest BCUT2D eigenvalue weighted by Crippen LogP contribution is -2.31. The first-order chi connectivity index (χ1) is 15.1. The Morgan fingerprint density at radius 2 is 1.65 bits per heavy atom. The van der Waals surface area contributed by atoms with Crippen molar-refractivity contribution in [1.82, 2.24) is 9.38 Å². The highest BCUT2D eigenvalue weighted by atomic mass is 32.1. The average molecular weight is 427 g/mol. The number of amides is 1. The molecule has 7 heteroatoms. The fourth-order valence-corrected chi connectivity index (χ4v) is 5.17. The molecule has 31 heavy (non-hydrogen) atoms. The average Bonchev–Trinajstić information content (AvgIpc) is 3.39. The molecule has 0 aliphatic carbocycles. The summed E-state index contributed by atoms with van der Waals surface area (Å²) in [4.78, 5) is 33.6. The molecule has 0 unspecified atom stereocenters. The molecule has 0 spiro atoms. The van der Waals surface area contributed by atoms with Crippen molar-refractivity contribution in [1.29, 1.82) is 0 Å². The molecule has 0 saturated heterocycles. The second-order valence-electron chi connectivity index (χ2n) is 7.36. The molecule has 6 rings (SSSR count). The fraction of sp³-hybridized carbons (Fsp3) is 0.0417. The Labute approximate surface area is 179 Å². The van der Waals surface area contributed by atoms with Gasteiger partial charge in [-0.15, -0.1) is 0 Å². The van der Waals surface area contributed by atoms with Gasteiger partial charge in [-0.25, -0.2) is 13.8 Å². The number of halogens is 1. The molecule has 1 aliphatic heterocycles. The van der Waals surface area contributed by atoms with Crippen molar-refractivity contribution in [2.45, 2.75) is 6.54 Å². The molecule has 2 aromatic heterocycles. The Kier molecular flexibility index (Phi) is 3.82. The van der Waals surface area contributed by atoms with Crippen LogP contribution in [0.15, 0.2) is 77.6 Å². The van der Waals surface area contributed by atoms with Gasteiger partial charge in [0.05, 0.1) is 28.8 Å². The first-order valence-electron chi connectivity index (χ1n) is 9.72. The van der Waals surface area contributed by atoms with Crippen molar-refractivity contribution in [3.8, 4) is 0 Å². The van der Waals surface area contributed by atoms with Crippen LogP contribution in [-0.4, -0.2) is 15.3 Å². The van der Waals surface area contributed by atoms with Gasteiger partial charge < -0.3 is 4.90 Å². The normalized spacial score (nSPS) is 15.3. The van der Waals surface area contributed by atoms with Crippen molar-refractivity contribution in [3.05, 3.63) is 105 Å². The summed E-state index contributed by atoms with van der Waals surface area (Å²) in [5, 5.41) is 0. The second-order valence-corrected chi connectivity index (χ2v) is 8.34. The molecule has 0 saturated carbocycles. The van der Waals surface area contributed by atoms with Gasteiger partial charge in [0, 0.05) is 5.56 Å². The smallest absolute Gasteiger partial charge is 0.275 e. The van der Waals surface area contributed by atoms with Crippen LogP contribution in [0.1, 0.15) is 11.1 Å². The number of para-hydroxylation sites is 3. The van der Waals surface area contributed by atoms with Crippen molar-refractivity contribution >= 4 is 44.5 Å². The van der Waals surface area contributed by atoms with Gasteiger partial charge >= 0.3 is 0 Å². The number of fused-ring (bicyclic) bond motifs is 4. The third-order valence-electron chi connectivity index (χ3n) is 5.52. The van der Waals surface area contributed by atoms with Crippen LogP contribution >= 0.6 is 11.3 Å². The van der Waals surface area contributed by atoms with Crippen LogP contribution in [0.4, 0.5) is 10.1 Å². The molecule has 0 fully saturated rings. The van der Waals surface area contributed by atoms with E-state index in [1.54, 1.807) is 21.4 Å². The molecule has 3 aromatic carbocycles. The highest BCUT2D eigenvalue weighted by Gasteiger charge is 2.34. The van der Waals surface area contributed by atoms with E-state index in [1.807, 2.05) is 48.5 Å². The molecule has 0 atom stereocenters. The fourth-order valence-electron chi connectivity index (χ4n) is 4.09. The van der Waals surface area contributed by atoms with Crippen molar-refractivity contribution < 1.29 is 9.18 Å². The van der Waals surface area contributed by atoms with Crippen molar-refractivity contribution in [3.63, 3.8) is 0 Å². The summed E-state index contributed by atoms with van der Waals surface area (Å²) in [5.74, 6) is -0.564. The van der Waals surface area contributed by atoms with E-state index >= 15 is 0 Å². The SMILES string of the molecule is O=C1/C(=c2\sc3nc4ccccc4n3c2=O)c2ccccc2N1Cc1ccc(F)cc1. The van der Waals surface area contributed by atoms with Crippen LogP contribution in [0.25, 0.3) is 21.6 Å². The Bertz CT molecular complexity index is 1620. The van der Waals surface area contributed by atoms with Crippen LogP contribution in [0.2, 0.25) is 0 Å². The summed E-state index contributed by atoms with van der Waals surface area (Å²) >= 11 is 1.23. The maximum Gasteiger partial charge on any atom is 0.275 e. The molecule has 150 valence electrons. The molecule has 0 bridgehead atoms. The minimum absolute atomic E-state index is 0.239. The number of carbonyl (C=O) groups excluding carboxylic acids is 1. The van der Waals surface area contributed by atoms with Crippen molar-refractivity contribution in [2.75, 3.05) is 4.90 Å². The van der Waals surface area contributed by atoms with Gasteiger partial charge in [0.25, 0.3) is 11.5 Å². The van der Waals surface area contributed by atoms with Gasteiger partial charge in [-0.1, -0.05) is 53.8 Å². The molecule has 5 nitrogen and oxygen atoms in total. The molecule has 0 N–H and O–H groups in total. The van der Waals surface area contributed by atoms with Gasteiger partial charge in [0.2, 0.25) is 0 Å². The molecule has 5 aromatic rings. The number of benzene rings is 3. The lowest BCUT2D eigenvalue weighted by molar-refractivity contribution is -0.113. The van der Waals surface area contributed by atoms with E-state index in [2.05, 4.69) is 4.98 Å². The largest absolute Gasteiger partial charge is 0.303 e. The molecule has 1 aliphatic rings. The number of nitrogens with zero attached hydrogens (tertiary/aromatic N) is 3. The topological polar surface area (TPSA) is 54.7 Å². The van der Waals surface area contributed by atoms with E-state index in [-0.39, 0.29) is 17.3 Å². The number of anilines is 1. The lowest BCUT2D eigenvalue weighted by Gasteiger charge is -2.17. The van der Waals surface area contributed by atoms with Gasteiger partial charge in [-0.3, -0.25) is 9.59 Å². The van der Waals surface area contributed by atoms with E-state index in [1.165, 1.54) is 23.5 Å². The number of hydrogen-bond donors (Lipinski definition) is 0. The van der Waals surface area contributed by atoms with E-state index in [4.69, 9.17) is 0 Å². The summed E-state index contributed by atoms with van der Waals surface area (Å²) in [6.45, 7) is 0.291. The Morgan fingerprint density at radius 3 is 2.48 bits per heavy atom. The number of imidazole rings is 1. The monoisotopic (exact) mass is 427 g/mol. The van der Waals surface area contributed by atoms with Crippen LogP contribution in [0.5, 0.6) is 0 Å². The predicted molar refractivity (Wildman–Crippen MR) is 119 cm³/mol. The van der Waals surface area contributed by atoms with Crippen LogP contribution in [0.3, 0.4) is 0 Å². The maximum absolute atomic E-state index is 13.5. The first-order valence-corrected chi connectivity index (χ1v) is 10.5. The molecular weight excluding hydrogens is 413 g/mol. The highest BCUT2D eigenvalue weighted by Crippen LogP contribution is 2.36. The zero-order valence-electron chi connectivity index (χ0n) is 16.1. The zero-order valence-corrected chi connectivity index (χ0v) is 16.9. The van der Waals surface area contributed by atoms with E-state index < -0.39 is 0 Å². The zero-order chi connectivity index (χ0) is 21.1. The summed E-state index contributed by atoms with van der Waals surface area (Å²) < 4.78 is 15.3. The summed E-state index contributed by atoms with van der Waals surface area (Å²) in [6, 6.07) is 21.0. The Balaban J connectivity index is 1.58. The number of aromatic nitrogens is 2. The van der Waals surface area contributed by atoms with Gasteiger partial charge in [0.15, 0.2) is 4.96 Å². The minimum atomic E-state index is -0.325. The van der Waals surface area contributed by atoms with E-state index in [0.717, 1.165) is 27.8 Å². The highest BCUT2D eigenvalue weighted by molar-refractivity contribution is 7.15. The molecule has 0 radical (unpaired) electrons. The van der Waals surface area contributed by atoms with Gasteiger partial charge in [0.1, 0.15) is 10.3 Å². The van der Waals surface area contributed by atoms with Crippen LogP contribution in [0, 0.1) is 5.82 Å². The first kappa shape index (κ1) is 18.0. The third kappa shape index (κ3) is 2.63. The minimum Gasteiger partial charge on any atom is -0.303 e. The van der Waals surface area contributed by atoms with E-state index in [9.17, 15) is 14.0 Å². The summed E-state index contributed by atoms with van der Waals surface area (Å²) in [7, 11) is 0. The Morgan fingerprint density at radius 1 is 0.903 bits per heavy atom. The molecule has 3 heterocycles. The number of hydrogen-bond acceptors (Lipinski definition) is 4. The number of rotatable bonds is 2. The van der Waals surface area contributed by atoms with Crippen molar-refractivity contribution in [2.24, 2.45) is 0 Å². The van der Waals surface area contributed by atoms with Gasteiger partial charge in [-0.2, -0.15) is 0 Å². The summed E-state index contributed by atoms with van der Waals surface area (Å²) in [5.41, 5.74) is 3.89. The number of carbonyl (C=O) groups is 1. The quantitative estimate of drug-likeness (QED) is 0.433.